The summed E-state index contributed by atoms with van der Waals surface area (Å²) >= 11 is 3.23. The molecule has 2 fully saturated rings. The molecule has 1 spiro atoms. The monoisotopic (exact) mass is 674 g/mol. The number of alkyl halides is 3. The summed E-state index contributed by atoms with van der Waals surface area (Å²) in [6.45, 7) is 4.03. The Morgan fingerprint density at radius 2 is 1.96 bits per heavy atom. The van der Waals surface area contributed by atoms with Gasteiger partial charge in [-0.1, -0.05) is 18.1 Å². The van der Waals surface area contributed by atoms with Crippen molar-refractivity contribution < 1.29 is 26.4 Å². The third kappa shape index (κ3) is 5.31. The van der Waals surface area contributed by atoms with E-state index in [1.807, 2.05) is 52.7 Å². The van der Waals surface area contributed by atoms with E-state index in [0.717, 1.165) is 62.8 Å². The Bertz CT molecular complexity index is 1950. The molecule has 1 atom stereocenters. The Morgan fingerprint density at radius 1 is 1.13 bits per heavy atom. The van der Waals surface area contributed by atoms with Crippen molar-refractivity contribution in [1.82, 2.24) is 23.8 Å². The number of hydrogen-bond acceptors (Lipinski definition) is 10. The molecule has 1 unspecified atom stereocenters. The Hall–Kier alpha value is -3.43. The number of thioether (sulfide) groups is 1. The van der Waals surface area contributed by atoms with Crippen molar-refractivity contribution in [3.8, 4) is 5.69 Å². The minimum absolute atomic E-state index is 0.0164. The van der Waals surface area contributed by atoms with Crippen LogP contribution in [-0.4, -0.2) is 67.6 Å². The lowest BCUT2D eigenvalue weighted by molar-refractivity contribution is -0.141. The highest BCUT2D eigenvalue weighted by atomic mass is 32.2. The Morgan fingerprint density at radius 3 is 2.60 bits per heavy atom. The Labute approximate surface area is 266 Å². The van der Waals surface area contributed by atoms with Crippen LogP contribution in [0.4, 0.5) is 13.2 Å². The van der Waals surface area contributed by atoms with Crippen LogP contribution in [0.3, 0.4) is 0 Å². The zero-order valence-electron chi connectivity index (χ0n) is 24.4. The minimum atomic E-state index is -4.61. The fourth-order valence-electron chi connectivity index (χ4n) is 6.20. The quantitative estimate of drug-likeness (QED) is 0.234. The van der Waals surface area contributed by atoms with Gasteiger partial charge in [0.2, 0.25) is 5.72 Å². The molecule has 0 amide bonds. The van der Waals surface area contributed by atoms with Gasteiger partial charge in [-0.2, -0.15) is 29.3 Å². The summed E-state index contributed by atoms with van der Waals surface area (Å²) in [5.41, 5.74) is 1.48. The first-order valence-corrected chi connectivity index (χ1v) is 18.1. The van der Waals surface area contributed by atoms with Crippen LogP contribution in [0.2, 0.25) is 0 Å². The largest absolute Gasteiger partial charge is 0.433 e. The standard InChI is InChI=1S/C30H29F3N6O3S3/c1-3-45(40,41)9-8-29(22-5-7-25(34-12-22)30(31,32)33)39-15-28(16-43-17-28)11-21(27(39)37-42-29)10-20-4-6-24(26-23(20)13-36-44-26)38-14-19(2)35-18-38/h4-7,10,12-14,18H,3,8-9,11,15-17H2,1-2H3/b21-10+. The number of aromatic nitrogens is 4. The highest BCUT2D eigenvalue weighted by Gasteiger charge is 2.56. The normalized spacial score (nSPS) is 22.0. The molecule has 0 bridgehead atoms. The van der Waals surface area contributed by atoms with Gasteiger partial charge in [0.15, 0.2) is 5.84 Å². The molecule has 7 rings (SSSR count). The van der Waals surface area contributed by atoms with E-state index < -0.39 is 27.4 Å². The summed E-state index contributed by atoms with van der Waals surface area (Å²) in [5.74, 6) is 2.04. The zero-order chi connectivity index (χ0) is 31.6. The van der Waals surface area contributed by atoms with E-state index in [2.05, 4.69) is 25.6 Å². The van der Waals surface area contributed by atoms with E-state index in [1.54, 1.807) is 13.3 Å². The maximum absolute atomic E-state index is 13.4. The fourth-order valence-corrected chi connectivity index (χ4v) is 9.04. The van der Waals surface area contributed by atoms with Crippen LogP contribution in [0.5, 0.6) is 0 Å². The average Bonchev–Trinajstić information content (AvgIpc) is 3.75. The van der Waals surface area contributed by atoms with Crippen molar-refractivity contribution in [3.63, 3.8) is 0 Å². The number of halogens is 3. The van der Waals surface area contributed by atoms with E-state index in [0.29, 0.717) is 17.9 Å². The number of fused-ring (bicyclic) bond motifs is 2. The fraction of sp³-hybridized carbons (Fsp3) is 0.400. The number of rotatable bonds is 7. The smallest absolute Gasteiger partial charge is 0.360 e. The molecule has 4 aromatic rings. The number of aryl methyl sites for hydroxylation is 1. The lowest BCUT2D eigenvalue weighted by atomic mass is 9.77. The highest BCUT2D eigenvalue weighted by Crippen LogP contribution is 2.53. The third-order valence-electron chi connectivity index (χ3n) is 8.69. The van der Waals surface area contributed by atoms with Crippen molar-refractivity contribution in [2.24, 2.45) is 10.6 Å². The molecule has 6 heterocycles. The molecule has 0 N–H and O–H groups in total. The maximum Gasteiger partial charge on any atom is 0.433 e. The van der Waals surface area contributed by atoms with Crippen LogP contribution in [0.25, 0.3) is 21.8 Å². The third-order valence-corrected chi connectivity index (χ3v) is 12.8. The van der Waals surface area contributed by atoms with Crippen LogP contribution in [0.15, 0.2) is 59.9 Å². The molecule has 236 valence electrons. The van der Waals surface area contributed by atoms with Gasteiger partial charge in [-0.05, 0) is 60.3 Å². The molecule has 45 heavy (non-hydrogen) atoms. The molecule has 15 heteroatoms. The Kier molecular flexibility index (Phi) is 7.28. The predicted octanol–water partition coefficient (Wildman–Crippen LogP) is 6.05. The van der Waals surface area contributed by atoms with Crippen LogP contribution in [-0.2, 0) is 26.6 Å². The molecule has 0 radical (unpaired) electrons. The van der Waals surface area contributed by atoms with Crippen LogP contribution in [0.1, 0.15) is 42.3 Å². The van der Waals surface area contributed by atoms with E-state index in [9.17, 15) is 21.6 Å². The Balaban J connectivity index is 1.32. The van der Waals surface area contributed by atoms with Gasteiger partial charge in [0.25, 0.3) is 0 Å². The van der Waals surface area contributed by atoms with Crippen LogP contribution < -0.4 is 0 Å². The number of benzene rings is 1. The van der Waals surface area contributed by atoms with Gasteiger partial charge in [-0.25, -0.2) is 13.4 Å². The number of imidazole rings is 1. The number of amidine groups is 1. The van der Waals surface area contributed by atoms with Gasteiger partial charge >= 0.3 is 6.18 Å². The number of piperidine rings is 1. The van der Waals surface area contributed by atoms with Gasteiger partial charge in [-0.15, -0.1) is 0 Å². The molecule has 1 aromatic carbocycles. The second-order valence-corrected chi connectivity index (χ2v) is 16.1. The molecule has 3 aliphatic heterocycles. The molecule has 0 saturated carbocycles. The number of oxime groups is 1. The number of nitrogens with zero attached hydrogens (tertiary/aromatic N) is 6. The number of hydrogen-bond donors (Lipinski definition) is 0. The summed E-state index contributed by atoms with van der Waals surface area (Å²) in [4.78, 5) is 16.2. The van der Waals surface area contributed by atoms with Crippen molar-refractivity contribution in [2.45, 2.75) is 38.6 Å². The second-order valence-electron chi connectivity index (χ2n) is 11.8. The molecular weight excluding hydrogens is 646 g/mol. The van der Waals surface area contributed by atoms with E-state index in [4.69, 9.17) is 4.84 Å². The van der Waals surface area contributed by atoms with E-state index in [-0.39, 0.29) is 23.3 Å². The van der Waals surface area contributed by atoms with Crippen molar-refractivity contribution in [2.75, 3.05) is 29.6 Å². The molecule has 0 aliphatic carbocycles. The van der Waals surface area contributed by atoms with Gasteiger partial charge in [0.1, 0.15) is 15.5 Å². The summed E-state index contributed by atoms with van der Waals surface area (Å²) in [7, 11) is -3.44. The number of sulfone groups is 1. The summed E-state index contributed by atoms with van der Waals surface area (Å²) < 4.78 is 73.1. The van der Waals surface area contributed by atoms with Crippen molar-refractivity contribution >= 4 is 55.1 Å². The lowest BCUT2D eigenvalue weighted by Crippen LogP contribution is -2.58. The molecular formula is C30H29F3N6O3S3. The van der Waals surface area contributed by atoms with Crippen LogP contribution in [0, 0.1) is 12.3 Å². The molecule has 2 saturated heterocycles. The van der Waals surface area contributed by atoms with Gasteiger partial charge in [0, 0.05) is 65.2 Å². The molecule has 3 aromatic heterocycles. The van der Waals surface area contributed by atoms with Gasteiger partial charge < -0.3 is 14.3 Å². The van der Waals surface area contributed by atoms with Crippen molar-refractivity contribution in [3.05, 3.63) is 77.3 Å². The maximum atomic E-state index is 13.4. The SMILES string of the molecule is CCS(=O)(=O)CCC1(c2ccc(C(F)(F)F)nc2)ON=C2/C(=C/c3ccc(-n4cnc(C)c4)c4sncc34)CC3(CSC3)CN21. The van der Waals surface area contributed by atoms with E-state index in [1.165, 1.54) is 17.6 Å². The highest BCUT2D eigenvalue weighted by molar-refractivity contribution is 8.00. The average molecular weight is 675 g/mol. The molecule has 9 nitrogen and oxygen atoms in total. The van der Waals surface area contributed by atoms with Gasteiger partial charge in [0.05, 0.1) is 28.2 Å². The summed E-state index contributed by atoms with van der Waals surface area (Å²) in [6, 6.07) is 6.30. The topological polar surface area (TPSA) is 103 Å². The summed E-state index contributed by atoms with van der Waals surface area (Å²) in [5, 5.41) is 5.49. The first-order valence-electron chi connectivity index (χ1n) is 14.4. The van der Waals surface area contributed by atoms with Gasteiger partial charge in [-0.3, -0.25) is 4.98 Å². The predicted molar refractivity (Wildman–Crippen MR) is 169 cm³/mol. The van der Waals surface area contributed by atoms with Crippen LogP contribution >= 0.6 is 23.3 Å². The first kappa shape index (κ1) is 30.2. The minimum Gasteiger partial charge on any atom is -0.360 e. The van der Waals surface area contributed by atoms with Crippen molar-refractivity contribution in [1.29, 1.82) is 0 Å². The first-order chi connectivity index (χ1) is 21.4. The molecule has 3 aliphatic rings. The summed E-state index contributed by atoms with van der Waals surface area (Å²) in [6.07, 6.45) is 4.90. The number of pyridine rings is 1. The zero-order valence-corrected chi connectivity index (χ0v) is 26.9. The second kappa shape index (κ2) is 10.8. The lowest BCUT2D eigenvalue weighted by Gasteiger charge is -2.51. The van der Waals surface area contributed by atoms with E-state index >= 15 is 0 Å².